The Hall–Kier alpha value is -3.57. The highest BCUT2D eigenvalue weighted by Gasteiger charge is 2.05. The predicted molar refractivity (Wildman–Crippen MR) is 89.2 cm³/mol. The van der Waals surface area contributed by atoms with Crippen LogP contribution in [0, 0.1) is 29.6 Å². The smallest absolute Gasteiger partial charge is 0.145 e. The molecule has 3 aromatic rings. The maximum atomic E-state index is 8.69. The second kappa shape index (κ2) is 6.05. The van der Waals surface area contributed by atoms with Gasteiger partial charge in [0.05, 0.1) is 11.0 Å². The van der Waals surface area contributed by atoms with Gasteiger partial charge in [0.2, 0.25) is 0 Å². The first-order chi connectivity index (χ1) is 11.2. The first kappa shape index (κ1) is 14.4. The molecule has 3 rings (SSSR count). The first-order valence-electron chi connectivity index (χ1n) is 7.03. The van der Waals surface area contributed by atoms with Gasteiger partial charge in [-0.2, -0.15) is 10.5 Å². The van der Waals surface area contributed by atoms with Crippen LogP contribution in [-0.4, -0.2) is 9.97 Å². The lowest BCUT2D eigenvalue weighted by atomic mass is 10.2. The van der Waals surface area contributed by atoms with Crippen molar-refractivity contribution in [3.05, 3.63) is 59.8 Å². The van der Waals surface area contributed by atoms with Crippen LogP contribution in [0.5, 0.6) is 0 Å². The lowest BCUT2D eigenvalue weighted by molar-refractivity contribution is 1.33. The number of fused-ring (bicyclic) bond motifs is 1. The lowest BCUT2D eigenvalue weighted by Crippen LogP contribution is -1.90. The summed E-state index contributed by atoms with van der Waals surface area (Å²) >= 11 is 0. The molecule has 0 bridgehead atoms. The number of aromatic amines is 1. The van der Waals surface area contributed by atoms with Crippen LogP contribution >= 0.6 is 0 Å². The number of rotatable bonds is 3. The summed E-state index contributed by atoms with van der Waals surface area (Å²) < 4.78 is 0. The van der Waals surface area contributed by atoms with Gasteiger partial charge in [-0.1, -0.05) is 6.07 Å². The number of imidazole rings is 1. The van der Waals surface area contributed by atoms with Crippen LogP contribution in [0.25, 0.3) is 22.4 Å². The first-order valence-corrected chi connectivity index (χ1v) is 7.03. The van der Waals surface area contributed by atoms with E-state index in [2.05, 4.69) is 21.4 Å². The molecule has 0 radical (unpaired) electrons. The third-order valence-corrected chi connectivity index (χ3v) is 3.42. The molecule has 0 unspecified atom stereocenters. The van der Waals surface area contributed by atoms with Crippen LogP contribution in [-0.2, 0) is 0 Å². The number of aryl methyl sites for hydroxylation is 1. The van der Waals surface area contributed by atoms with Gasteiger partial charge in [0.25, 0.3) is 0 Å². The van der Waals surface area contributed by atoms with Gasteiger partial charge in [-0.05, 0) is 48.9 Å². The third kappa shape index (κ3) is 3.04. The number of nitrogens with zero attached hydrogens (tertiary/aromatic N) is 3. The summed E-state index contributed by atoms with van der Waals surface area (Å²) in [5.74, 6) is 0.808. The molecule has 5 nitrogen and oxygen atoms in total. The molecule has 0 atom stereocenters. The quantitative estimate of drug-likeness (QED) is 0.718. The summed E-state index contributed by atoms with van der Waals surface area (Å²) in [5, 5.41) is 20.3. The maximum Gasteiger partial charge on any atom is 0.145 e. The van der Waals surface area contributed by atoms with Gasteiger partial charge in [0.1, 0.15) is 23.5 Å². The number of hydrogen-bond donors (Lipinski definition) is 2. The highest BCUT2D eigenvalue weighted by Crippen LogP contribution is 2.22. The fourth-order valence-electron chi connectivity index (χ4n) is 2.23. The van der Waals surface area contributed by atoms with Crippen molar-refractivity contribution in [2.24, 2.45) is 0 Å². The lowest BCUT2D eigenvalue weighted by Gasteiger charge is -2.02. The molecule has 0 saturated carbocycles. The van der Waals surface area contributed by atoms with E-state index in [-0.39, 0.29) is 5.57 Å². The summed E-state index contributed by atoms with van der Waals surface area (Å²) in [6.07, 6.45) is 1.39. The van der Waals surface area contributed by atoms with E-state index >= 15 is 0 Å². The van der Waals surface area contributed by atoms with E-state index in [1.54, 1.807) is 12.1 Å². The van der Waals surface area contributed by atoms with E-state index in [0.29, 0.717) is 0 Å². The molecular formula is C18H13N5. The van der Waals surface area contributed by atoms with E-state index in [1.165, 1.54) is 11.8 Å². The van der Waals surface area contributed by atoms with Crippen LogP contribution < -0.4 is 5.32 Å². The summed E-state index contributed by atoms with van der Waals surface area (Å²) in [6.45, 7) is 2.05. The third-order valence-electron chi connectivity index (χ3n) is 3.42. The number of aromatic nitrogens is 2. The molecule has 0 aliphatic rings. The molecule has 110 valence electrons. The molecule has 1 aromatic heterocycles. The van der Waals surface area contributed by atoms with Crippen LogP contribution in [0.2, 0.25) is 0 Å². The summed E-state index contributed by atoms with van der Waals surface area (Å²) in [5.41, 5.74) is 4.92. The highest BCUT2D eigenvalue weighted by atomic mass is 14.9. The fraction of sp³-hybridized carbons (Fsp3) is 0.0556. The second-order valence-electron chi connectivity index (χ2n) is 5.11. The molecule has 0 fully saturated rings. The van der Waals surface area contributed by atoms with Gasteiger partial charge < -0.3 is 10.3 Å². The Morgan fingerprint density at radius 1 is 1.13 bits per heavy atom. The Morgan fingerprint density at radius 2 is 1.87 bits per heavy atom. The summed E-state index contributed by atoms with van der Waals surface area (Å²) in [6, 6.07) is 17.3. The average Bonchev–Trinajstić information content (AvgIpc) is 2.99. The number of hydrogen-bond acceptors (Lipinski definition) is 4. The number of anilines is 1. The van der Waals surface area contributed by atoms with Gasteiger partial charge in [-0.25, -0.2) is 4.98 Å². The number of nitrogens with one attached hydrogen (secondary N) is 2. The number of H-pyrrole nitrogens is 1. The number of nitriles is 2. The van der Waals surface area contributed by atoms with Crippen molar-refractivity contribution in [1.82, 2.24) is 9.97 Å². The zero-order chi connectivity index (χ0) is 16.2. The van der Waals surface area contributed by atoms with Gasteiger partial charge >= 0.3 is 0 Å². The Bertz CT molecular complexity index is 949. The topological polar surface area (TPSA) is 88.3 Å². The maximum absolute atomic E-state index is 8.69. The standard InChI is InChI=1S/C18H13N5/c1-12-2-7-16-17(8-12)23-18(22-16)14-3-5-15(6-4-14)21-11-13(9-19)10-20/h2-8,11,21H,1H3,(H,22,23). The largest absolute Gasteiger partial charge is 0.360 e. The average molecular weight is 299 g/mol. The van der Waals surface area contributed by atoms with Crippen LogP contribution in [0.1, 0.15) is 5.56 Å². The van der Waals surface area contributed by atoms with Crippen molar-refractivity contribution in [3.63, 3.8) is 0 Å². The number of allylic oxidation sites excluding steroid dienone is 1. The van der Waals surface area contributed by atoms with Gasteiger partial charge in [-0.15, -0.1) is 0 Å². The van der Waals surface area contributed by atoms with Crippen molar-refractivity contribution in [1.29, 1.82) is 10.5 Å². The van der Waals surface area contributed by atoms with Crippen molar-refractivity contribution in [2.45, 2.75) is 6.92 Å². The van der Waals surface area contributed by atoms with Crippen molar-refractivity contribution in [2.75, 3.05) is 5.32 Å². The highest BCUT2D eigenvalue weighted by molar-refractivity contribution is 5.80. The predicted octanol–water partition coefficient (Wildman–Crippen LogP) is 3.88. The van der Waals surface area contributed by atoms with E-state index in [4.69, 9.17) is 10.5 Å². The monoisotopic (exact) mass is 299 g/mol. The summed E-state index contributed by atoms with van der Waals surface area (Å²) in [7, 11) is 0. The Balaban J connectivity index is 1.85. The molecule has 0 aliphatic carbocycles. The molecular weight excluding hydrogens is 286 g/mol. The molecule has 0 saturated heterocycles. The van der Waals surface area contributed by atoms with Crippen LogP contribution in [0.15, 0.2) is 54.2 Å². The van der Waals surface area contributed by atoms with E-state index in [0.717, 1.165) is 28.1 Å². The van der Waals surface area contributed by atoms with Crippen molar-refractivity contribution in [3.8, 4) is 23.5 Å². The molecule has 1 heterocycles. The summed E-state index contributed by atoms with van der Waals surface area (Å²) in [4.78, 5) is 7.89. The molecule has 0 spiro atoms. The van der Waals surface area contributed by atoms with Crippen LogP contribution in [0.4, 0.5) is 5.69 Å². The minimum absolute atomic E-state index is 0.0294. The Labute approximate surface area is 133 Å². The second-order valence-corrected chi connectivity index (χ2v) is 5.11. The molecule has 23 heavy (non-hydrogen) atoms. The molecule has 2 aromatic carbocycles. The molecule has 0 amide bonds. The molecule has 2 N–H and O–H groups in total. The van der Waals surface area contributed by atoms with E-state index < -0.39 is 0 Å². The number of benzene rings is 2. The van der Waals surface area contributed by atoms with Gasteiger partial charge in [0, 0.05) is 17.5 Å². The fourth-order valence-corrected chi connectivity index (χ4v) is 2.23. The molecule has 0 aliphatic heterocycles. The zero-order valence-corrected chi connectivity index (χ0v) is 12.5. The normalized spacial score (nSPS) is 9.87. The van der Waals surface area contributed by atoms with Crippen molar-refractivity contribution >= 4 is 16.7 Å². The minimum atomic E-state index is 0.0294. The van der Waals surface area contributed by atoms with Crippen molar-refractivity contribution < 1.29 is 0 Å². The van der Waals surface area contributed by atoms with Gasteiger partial charge in [0.15, 0.2) is 0 Å². The Morgan fingerprint density at radius 3 is 2.57 bits per heavy atom. The SMILES string of the molecule is Cc1ccc2nc(-c3ccc(NC=C(C#N)C#N)cc3)[nH]c2c1. The minimum Gasteiger partial charge on any atom is -0.360 e. The Kier molecular flexibility index (Phi) is 3.78. The van der Waals surface area contributed by atoms with Gasteiger partial charge in [-0.3, -0.25) is 0 Å². The zero-order valence-electron chi connectivity index (χ0n) is 12.5. The van der Waals surface area contributed by atoms with E-state index in [1.807, 2.05) is 43.3 Å². The molecule has 5 heteroatoms. The van der Waals surface area contributed by atoms with Crippen LogP contribution in [0.3, 0.4) is 0 Å². The van der Waals surface area contributed by atoms with E-state index in [9.17, 15) is 0 Å².